The predicted octanol–water partition coefficient (Wildman–Crippen LogP) is 4.33. The summed E-state index contributed by atoms with van der Waals surface area (Å²) >= 11 is 0. The van der Waals surface area contributed by atoms with Crippen molar-refractivity contribution in [1.82, 2.24) is 9.80 Å². The van der Waals surface area contributed by atoms with E-state index >= 15 is 0 Å². The van der Waals surface area contributed by atoms with Crippen LogP contribution in [0.2, 0.25) is 0 Å². The van der Waals surface area contributed by atoms with Gasteiger partial charge in [-0.3, -0.25) is 9.59 Å². The molecule has 2 atom stereocenters. The first-order valence-corrected chi connectivity index (χ1v) is 10.7. The van der Waals surface area contributed by atoms with Crippen molar-refractivity contribution >= 4 is 11.8 Å². The fourth-order valence-electron chi connectivity index (χ4n) is 5.71. The molecule has 0 aromatic rings. The average Bonchev–Trinajstić information content (AvgIpc) is 2.53. The Bertz CT molecular complexity index is 442. The molecule has 2 amide bonds. The highest BCUT2D eigenvalue weighted by atomic mass is 16.2. The zero-order valence-corrected chi connectivity index (χ0v) is 18.2. The lowest BCUT2D eigenvalue weighted by Gasteiger charge is -2.51. The number of carbonyl (C=O) groups is 2. The summed E-state index contributed by atoms with van der Waals surface area (Å²) in [5.74, 6) is 0.940. The van der Waals surface area contributed by atoms with Gasteiger partial charge in [0, 0.05) is 24.2 Å². The summed E-state index contributed by atoms with van der Waals surface area (Å²) in [4.78, 5) is 31.2. The lowest BCUT2D eigenvalue weighted by molar-refractivity contribution is -0.162. The van der Waals surface area contributed by atoms with Crippen molar-refractivity contribution in [3.8, 4) is 0 Å². The second-order valence-electron chi connectivity index (χ2n) is 9.59. The Morgan fingerprint density at radius 1 is 0.577 bits per heavy atom. The van der Waals surface area contributed by atoms with Gasteiger partial charge >= 0.3 is 0 Å². The fraction of sp³-hybridized carbons (Fsp3) is 0.909. The number of amides is 2. The zero-order chi connectivity index (χ0) is 19.8. The zero-order valence-electron chi connectivity index (χ0n) is 18.2. The Balaban J connectivity index is 2.38. The molecular formula is C22H40N2O2. The molecule has 0 aliphatic heterocycles. The molecule has 0 N–H and O–H groups in total. The van der Waals surface area contributed by atoms with Gasteiger partial charge in [0.1, 0.15) is 0 Å². The van der Waals surface area contributed by atoms with E-state index in [-0.39, 0.29) is 47.8 Å². The van der Waals surface area contributed by atoms with Gasteiger partial charge < -0.3 is 9.80 Å². The highest BCUT2D eigenvalue weighted by molar-refractivity contribution is 5.89. The largest absolute Gasteiger partial charge is 0.338 e. The van der Waals surface area contributed by atoms with Crippen LogP contribution in [-0.4, -0.2) is 45.8 Å². The van der Waals surface area contributed by atoms with Crippen molar-refractivity contribution in [2.45, 2.75) is 105 Å². The van der Waals surface area contributed by atoms with Gasteiger partial charge in [-0.05, 0) is 92.9 Å². The molecule has 3 fully saturated rings. The van der Waals surface area contributed by atoms with Crippen molar-refractivity contribution in [3.63, 3.8) is 0 Å². The summed E-state index contributed by atoms with van der Waals surface area (Å²) in [5, 5.41) is 0. The van der Waals surface area contributed by atoms with Gasteiger partial charge in [0.25, 0.3) is 0 Å². The van der Waals surface area contributed by atoms with Gasteiger partial charge in [-0.1, -0.05) is 0 Å². The molecule has 3 aliphatic carbocycles. The van der Waals surface area contributed by atoms with E-state index in [1.54, 1.807) is 0 Å². The predicted molar refractivity (Wildman–Crippen MR) is 107 cm³/mol. The summed E-state index contributed by atoms with van der Waals surface area (Å²) in [6.45, 7) is 16.7. The highest BCUT2D eigenvalue weighted by Gasteiger charge is 2.52. The smallest absolute Gasteiger partial charge is 0.227 e. The average molecular weight is 365 g/mol. The molecule has 26 heavy (non-hydrogen) atoms. The highest BCUT2D eigenvalue weighted by Crippen LogP contribution is 2.50. The minimum absolute atomic E-state index is 0.125. The number of nitrogens with zero attached hydrogens (tertiary/aromatic N) is 2. The Hall–Kier alpha value is -1.06. The van der Waals surface area contributed by atoms with Crippen LogP contribution in [0.15, 0.2) is 0 Å². The van der Waals surface area contributed by atoms with E-state index in [2.05, 4.69) is 55.4 Å². The van der Waals surface area contributed by atoms with Crippen LogP contribution in [0.5, 0.6) is 0 Å². The van der Waals surface area contributed by atoms with Crippen molar-refractivity contribution in [2.75, 3.05) is 0 Å². The SMILES string of the molecule is CC(C)N(C(=O)[C@@H]1C2CCC(CC2)[C@H]1C(=O)N(C(C)C)C(C)C)C(C)C. The van der Waals surface area contributed by atoms with E-state index in [0.717, 1.165) is 25.7 Å². The van der Waals surface area contributed by atoms with Gasteiger partial charge in [-0.2, -0.15) is 0 Å². The lowest BCUT2D eigenvalue weighted by Crippen LogP contribution is -2.58. The molecule has 3 saturated carbocycles. The van der Waals surface area contributed by atoms with Gasteiger partial charge in [-0.25, -0.2) is 0 Å². The molecule has 0 unspecified atom stereocenters. The summed E-state index contributed by atoms with van der Waals surface area (Å²) < 4.78 is 0. The minimum atomic E-state index is -0.125. The number of hydrogen-bond acceptors (Lipinski definition) is 2. The first-order valence-electron chi connectivity index (χ1n) is 10.7. The normalized spacial score (nSPS) is 28.3. The molecule has 0 aromatic carbocycles. The molecule has 4 heteroatoms. The number of carbonyl (C=O) groups excluding carboxylic acids is 2. The minimum Gasteiger partial charge on any atom is -0.338 e. The lowest BCUT2D eigenvalue weighted by atomic mass is 9.57. The quantitative estimate of drug-likeness (QED) is 0.704. The third-order valence-electron chi connectivity index (χ3n) is 6.52. The molecule has 4 nitrogen and oxygen atoms in total. The third-order valence-corrected chi connectivity index (χ3v) is 6.52. The second-order valence-corrected chi connectivity index (χ2v) is 9.59. The fourth-order valence-corrected chi connectivity index (χ4v) is 5.71. The molecule has 0 spiro atoms. The van der Waals surface area contributed by atoms with Crippen LogP contribution < -0.4 is 0 Å². The number of fused-ring (bicyclic) bond motifs is 3. The second kappa shape index (κ2) is 8.31. The maximum Gasteiger partial charge on any atom is 0.227 e. The van der Waals surface area contributed by atoms with Crippen LogP contribution in [0.4, 0.5) is 0 Å². The van der Waals surface area contributed by atoms with Crippen molar-refractivity contribution in [1.29, 1.82) is 0 Å². The maximum atomic E-state index is 13.6. The van der Waals surface area contributed by atoms with Crippen LogP contribution in [0, 0.1) is 23.7 Å². The third kappa shape index (κ3) is 3.94. The molecule has 3 rings (SSSR count). The topological polar surface area (TPSA) is 40.6 Å². The van der Waals surface area contributed by atoms with E-state index < -0.39 is 0 Å². The number of hydrogen-bond donors (Lipinski definition) is 0. The molecule has 0 heterocycles. The Labute approximate surface area is 160 Å². The first kappa shape index (κ1) is 21.2. The van der Waals surface area contributed by atoms with E-state index in [1.807, 2.05) is 9.80 Å². The molecule has 3 aliphatic rings. The van der Waals surface area contributed by atoms with Gasteiger partial charge in [0.15, 0.2) is 0 Å². The summed E-state index contributed by atoms with van der Waals surface area (Å²) in [7, 11) is 0. The van der Waals surface area contributed by atoms with E-state index in [4.69, 9.17) is 0 Å². The van der Waals surface area contributed by atoms with Crippen LogP contribution in [-0.2, 0) is 9.59 Å². The number of rotatable bonds is 6. The van der Waals surface area contributed by atoms with Crippen LogP contribution in [0.25, 0.3) is 0 Å². The molecule has 0 aromatic heterocycles. The Kier molecular flexibility index (Phi) is 6.79. The molecule has 0 saturated heterocycles. The van der Waals surface area contributed by atoms with Crippen LogP contribution >= 0.6 is 0 Å². The van der Waals surface area contributed by atoms with E-state index in [0.29, 0.717) is 11.8 Å². The van der Waals surface area contributed by atoms with Crippen LogP contribution in [0.3, 0.4) is 0 Å². The van der Waals surface area contributed by atoms with Gasteiger partial charge in [-0.15, -0.1) is 0 Å². The van der Waals surface area contributed by atoms with Crippen molar-refractivity contribution < 1.29 is 9.59 Å². The molecule has 0 radical (unpaired) electrons. The Morgan fingerprint density at radius 2 is 0.808 bits per heavy atom. The summed E-state index contributed by atoms with van der Waals surface area (Å²) in [6, 6.07) is 0.685. The first-order chi connectivity index (χ1) is 12.1. The molecule has 2 bridgehead atoms. The summed E-state index contributed by atoms with van der Waals surface area (Å²) in [6.07, 6.45) is 4.44. The Morgan fingerprint density at radius 3 is 1.00 bits per heavy atom. The molecule has 150 valence electrons. The van der Waals surface area contributed by atoms with Gasteiger partial charge in [0.2, 0.25) is 11.8 Å². The van der Waals surface area contributed by atoms with E-state index in [1.165, 1.54) is 0 Å². The van der Waals surface area contributed by atoms with Crippen molar-refractivity contribution in [2.24, 2.45) is 23.7 Å². The summed E-state index contributed by atoms with van der Waals surface area (Å²) in [5.41, 5.74) is 0. The van der Waals surface area contributed by atoms with Crippen LogP contribution in [0.1, 0.15) is 81.1 Å². The van der Waals surface area contributed by atoms with E-state index in [9.17, 15) is 9.59 Å². The maximum absolute atomic E-state index is 13.6. The molecular weight excluding hydrogens is 324 g/mol. The van der Waals surface area contributed by atoms with Gasteiger partial charge in [0.05, 0.1) is 11.8 Å². The monoisotopic (exact) mass is 364 g/mol. The van der Waals surface area contributed by atoms with Crippen molar-refractivity contribution in [3.05, 3.63) is 0 Å². The standard InChI is InChI=1S/C22H40N2O2/c1-13(2)23(14(3)4)21(25)19-17-9-11-18(12-10-17)20(19)22(26)24(15(5)6)16(7)8/h13-20H,9-12H2,1-8H3/t17?,18?,19-,20-/m1/s1.